The van der Waals surface area contributed by atoms with Crippen molar-refractivity contribution in [2.75, 3.05) is 44.2 Å². The van der Waals surface area contributed by atoms with Gasteiger partial charge >= 0.3 is 18.4 Å². The lowest BCUT2D eigenvalue weighted by Crippen LogP contribution is -2.52. The zero-order valence-electron chi connectivity index (χ0n) is 17.1. The molecule has 2 aliphatic rings. The number of benzene rings is 1. The number of rotatable bonds is 4. The van der Waals surface area contributed by atoms with Gasteiger partial charge in [-0.15, -0.1) is 0 Å². The van der Waals surface area contributed by atoms with E-state index in [1.807, 2.05) is 17.9 Å². The molecular formula is C20H25F6N3O2. The maximum atomic E-state index is 12.6. The second-order valence-corrected chi connectivity index (χ2v) is 7.92. The second-order valence-electron chi connectivity index (χ2n) is 7.92. The standard InChI is InChI=1S/C20H25F6N3O2/c1-14-12-16(28-6-2-3-7-28)5-4-15(14)13-27-8-10-29(11-9-27)18(30)31-17(19(21,22)23)20(24,25)26/h4-5,12,17H,2-3,6-11,13H2,1H3. The van der Waals surface area contributed by atoms with E-state index < -0.39 is 24.5 Å². The second kappa shape index (κ2) is 9.13. The molecule has 0 N–H and O–H groups in total. The SMILES string of the molecule is Cc1cc(N2CCCC2)ccc1CN1CCN(C(=O)OC(C(F)(F)F)C(F)(F)F)CC1. The molecule has 0 aromatic heterocycles. The number of amides is 1. The van der Waals surface area contributed by atoms with Crippen molar-refractivity contribution in [3.63, 3.8) is 0 Å². The van der Waals surface area contributed by atoms with E-state index in [1.54, 1.807) is 0 Å². The third kappa shape index (κ3) is 5.96. The lowest BCUT2D eigenvalue weighted by atomic mass is 10.1. The quantitative estimate of drug-likeness (QED) is 0.636. The molecule has 3 rings (SSSR count). The third-order valence-electron chi connectivity index (χ3n) is 5.64. The lowest BCUT2D eigenvalue weighted by molar-refractivity contribution is -0.308. The van der Waals surface area contributed by atoms with E-state index in [0.717, 1.165) is 29.1 Å². The summed E-state index contributed by atoms with van der Waals surface area (Å²) in [7, 11) is 0. The van der Waals surface area contributed by atoms with Gasteiger partial charge < -0.3 is 14.5 Å². The maximum absolute atomic E-state index is 12.6. The van der Waals surface area contributed by atoms with Gasteiger partial charge in [-0.05, 0) is 43.0 Å². The number of carbonyl (C=O) groups is 1. The number of hydrogen-bond donors (Lipinski definition) is 0. The van der Waals surface area contributed by atoms with Crippen molar-refractivity contribution in [1.29, 1.82) is 0 Å². The Balaban J connectivity index is 1.53. The number of nitrogens with zero attached hydrogens (tertiary/aromatic N) is 3. The fourth-order valence-corrected chi connectivity index (χ4v) is 3.85. The minimum atomic E-state index is -5.71. The van der Waals surface area contributed by atoms with Crippen LogP contribution in [0.3, 0.4) is 0 Å². The summed E-state index contributed by atoms with van der Waals surface area (Å²) in [5.74, 6) is 0. The van der Waals surface area contributed by atoms with Crippen LogP contribution in [0.15, 0.2) is 18.2 Å². The molecule has 11 heteroatoms. The summed E-state index contributed by atoms with van der Waals surface area (Å²) >= 11 is 0. The molecule has 1 amide bonds. The zero-order valence-corrected chi connectivity index (χ0v) is 17.1. The van der Waals surface area contributed by atoms with Crippen molar-refractivity contribution in [3.05, 3.63) is 29.3 Å². The number of piperazine rings is 1. The Morgan fingerprint density at radius 3 is 2.06 bits per heavy atom. The van der Waals surface area contributed by atoms with Crippen LogP contribution in [0.1, 0.15) is 24.0 Å². The fourth-order valence-electron chi connectivity index (χ4n) is 3.85. The van der Waals surface area contributed by atoms with Crippen LogP contribution >= 0.6 is 0 Å². The van der Waals surface area contributed by atoms with Gasteiger partial charge in [-0.1, -0.05) is 6.07 Å². The van der Waals surface area contributed by atoms with Crippen LogP contribution in [0.25, 0.3) is 0 Å². The first-order valence-electron chi connectivity index (χ1n) is 10.1. The Kier molecular flexibility index (Phi) is 6.92. The monoisotopic (exact) mass is 453 g/mol. The van der Waals surface area contributed by atoms with Gasteiger partial charge in [0.1, 0.15) is 0 Å². The van der Waals surface area contributed by atoms with E-state index in [0.29, 0.717) is 19.6 Å². The summed E-state index contributed by atoms with van der Waals surface area (Å²) in [5.41, 5.74) is 3.38. The van der Waals surface area contributed by atoms with Crippen molar-refractivity contribution in [2.24, 2.45) is 0 Å². The molecule has 0 saturated carbocycles. The number of anilines is 1. The zero-order chi connectivity index (χ0) is 22.8. The average molecular weight is 453 g/mol. The van der Waals surface area contributed by atoms with Crippen LogP contribution in [0.2, 0.25) is 0 Å². The molecule has 0 bridgehead atoms. The molecule has 0 unspecified atom stereocenters. The maximum Gasteiger partial charge on any atom is 0.434 e. The predicted octanol–water partition coefficient (Wildman–Crippen LogP) is 4.34. The first-order valence-corrected chi connectivity index (χ1v) is 10.1. The van der Waals surface area contributed by atoms with Crippen LogP contribution in [-0.4, -0.2) is 73.6 Å². The number of carbonyl (C=O) groups excluding carboxylic acids is 1. The summed E-state index contributed by atoms with van der Waals surface area (Å²) < 4.78 is 79.3. The molecule has 0 radical (unpaired) electrons. The first-order chi connectivity index (χ1) is 14.4. The molecule has 1 aromatic rings. The molecule has 0 atom stereocenters. The Morgan fingerprint density at radius 2 is 1.55 bits per heavy atom. The van der Waals surface area contributed by atoms with Gasteiger partial charge in [0.15, 0.2) is 0 Å². The number of halogens is 6. The van der Waals surface area contributed by atoms with Crippen LogP contribution < -0.4 is 4.90 Å². The predicted molar refractivity (Wildman–Crippen MR) is 102 cm³/mol. The normalized spacial score (nSPS) is 18.7. The fraction of sp³-hybridized carbons (Fsp3) is 0.650. The highest BCUT2D eigenvalue weighted by Crippen LogP contribution is 2.36. The summed E-state index contributed by atoms with van der Waals surface area (Å²) in [6.45, 7) is 5.31. The number of ether oxygens (including phenoxy) is 1. The molecule has 0 spiro atoms. The van der Waals surface area contributed by atoms with Gasteiger partial charge in [0.05, 0.1) is 0 Å². The number of hydrogen-bond acceptors (Lipinski definition) is 4. The van der Waals surface area contributed by atoms with E-state index >= 15 is 0 Å². The van der Waals surface area contributed by atoms with Gasteiger partial charge in [-0.25, -0.2) is 4.79 Å². The largest absolute Gasteiger partial charge is 0.434 e. The average Bonchev–Trinajstić information content (AvgIpc) is 3.21. The molecule has 2 aliphatic heterocycles. The van der Waals surface area contributed by atoms with E-state index in [1.165, 1.54) is 18.5 Å². The van der Waals surface area contributed by atoms with E-state index in [2.05, 4.69) is 21.8 Å². The summed E-state index contributed by atoms with van der Waals surface area (Å²) in [5, 5.41) is 0. The summed E-state index contributed by atoms with van der Waals surface area (Å²) in [6.07, 6.45) is -14.8. The topological polar surface area (TPSA) is 36.0 Å². The highest BCUT2D eigenvalue weighted by atomic mass is 19.4. The Labute approximate surface area is 176 Å². The van der Waals surface area contributed by atoms with Crippen molar-refractivity contribution in [1.82, 2.24) is 9.80 Å². The molecule has 0 aliphatic carbocycles. The van der Waals surface area contributed by atoms with Gasteiger partial charge in [0.25, 0.3) is 6.10 Å². The smallest absolute Gasteiger partial charge is 0.426 e. The van der Waals surface area contributed by atoms with E-state index in [9.17, 15) is 31.1 Å². The van der Waals surface area contributed by atoms with Gasteiger partial charge in [0, 0.05) is 51.5 Å². The van der Waals surface area contributed by atoms with Crippen molar-refractivity contribution >= 4 is 11.8 Å². The summed E-state index contributed by atoms with van der Waals surface area (Å²) in [6, 6.07) is 6.24. The van der Waals surface area contributed by atoms with Gasteiger partial charge in [0.2, 0.25) is 0 Å². The molecule has 5 nitrogen and oxygen atoms in total. The van der Waals surface area contributed by atoms with Gasteiger partial charge in [-0.3, -0.25) is 4.90 Å². The molecule has 31 heavy (non-hydrogen) atoms. The summed E-state index contributed by atoms with van der Waals surface area (Å²) in [4.78, 5) is 17.1. The van der Waals surface area contributed by atoms with Crippen LogP contribution in [0, 0.1) is 6.92 Å². The molecule has 1 aromatic carbocycles. The molecule has 174 valence electrons. The van der Waals surface area contributed by atoms with Crippen molar-refractivity contribution in [3.8, 4) is 0 Å². The Hall–Kier alpha value is -2.17. The molecule has 2 saturated heterocycles. The minimum absolute atomic E-state index is 0.00776. The minimum Gasteiger partial charge on any atom is -0.426 e. The number of aryl methyl sites for hydroxylation is 1. The molecular weight excluding hydrogens is 428 g/mol. The highest BCUT2D eigenvalue weighted by Gasteiger charge is 2.60. The van der Waals surface area contributed by atoms with Crippen LogP contribution in [0.4, 0.5) is 36.8 Å². The Bertz CT molecular complexity index is 755. The van der Waals surface area contributed by atoms with Crippen LogP contribution in [0.5, 0.6) is 0 Å². The third-order valence-corrected chi connectivity index (χ3v) is 5.64. The Morgan fingerprint density at radius 1 is 0.968 bits per heavy atom. The van der Waals surface area contributed by atoms with Crippen molar-refractivity contribution in [2.45, 2.75) is 44.8 Å². The molecule has 2 fully saturated rings. The number of alkyl halides is 6. The first kappa shape index (κ1) is 23.5. The van der Waals surface area contributed by atoms with Crippen LogP contribution in [-0.2, 0) is 11.3 Å². The highest BCUT2D eigenvalue weighted by molar-refractivity contribution is 5.68. The van der Waals surface area contributed by atoms with Gasteiger partial charge in [-0.2, -0.15) is 26.3 Å². The molecule has 2 heterocycles. The lowest BCUT2D eigenvalue weighted by Gasteiger charge is -2.35. The van der Waals surface area contributed by atoms with Crippen molar-refractivity contribution < 1.29 is 35.9 Å². The van der Waals surface area contributed by atoms with E-state index in [4.69, 9.17) is 0 Å². The van der Waals surface area contributed by atoms with E-state index in [-0.39, 0.29) is 13.1 Å².